The molecule has 3 saturated carbocycles. The maximum absolute atomic E-state index is 13.0. The van der Waals surface area contributed by atoms with Gasteiger partial charge in [0.2, 0.25) is 0 Å². The highest BCUT2D eigenvalue weighted by atomic mass is 19.3. The number of esters is 1. The van der Waals surface area contributed by atoms with Gasteiger partial charge in [0, 0.05) is 6.42 Å². The molecular weight excluding hydrogens is 370 g/mol. The van der Waals surface area contributed by atoms with Gasteiger partial charge in [-0.1, -0.05) is 44.7 Å². The van der Waals surface area contributed by atoms with Crippen molar-refractivity contribution in [2.75, 3.05) is 0 Å². The van der Waals surface area contributed by atoms with Gasteiger partial charge < -0.3 is 4.74 Å². The van der Waals surface area contributed by atoms with Crippen LogP contribution in [0.25, 0.3) is 0 Å². The summed E-state index contributed by atoms with van der Waals surface area (Å²) in [6, 6.07) is 7.53. The first-order valence-corrected chi connectivity index (χ1v) is 11.7. The number of alkyl halides is 2. The molecule has 0 spiro atoms. The number of carbonyl (C=O) groups excluding carboxylic acids is 1. The summed E-state index contributed by atoms with van der Waals surface area (Å²) in [4.78, 5) is 11.7. The molecule has 1 atom stereocenters. The Bertz CT molecular complexity index is 683. The maximum atomic E-state index is 13.0. The van der Waals surface area contributed by atoms with Crippen LogP contribution in [0.3, 0.4) is 0 Å². The van der Waals surface area contributed by atoms with Crippen LogP contribution >= 0.6 is 0 Å². The van der Waals surface area contributed by atoms with Crippen molar-refractivity contribution in [3.8, 4) is 5.75 Å². The van der Waals surface area contributed by atoms with E-state index in [2.05, 4.69) is 6.92 Å². The zero-order chi connectivity index (χ0) is 20.4. The second-order valence-electron chi connectivity index (χ2n) is 9.69. The smallest absolute Gasteiger partial charge is 0.320 e. The SMILES string of the molecule is CCCC1CCC(C2CCC(c3ccc(OC(=O)C4CC4(F)F)cc3)CC2)CC1. The Morgan fingerprint density at radius 3 is 2.03 bits per heavy atom. The molecule has 1 aromatic carbocycles. The molecule has 0 aromatic heterocycles. The van der Waals surface area contributed by atoms with E-state index in [-0.39, 0.29) is 6.42 Å². The van der Waals surface area contributed by atoms with Gasteiger partial charge in [0.05, 0.1) is 0 Å². The van der Waals surface area contributed by atoms with Gasteiger partial charge in [-0.3, -0.25) is 4.79 Å². The van der Waals surface area contributed by atoms with E-state index in [1.54, 1.807) is 12.1 Å². The quantitative estimate of drug-likeness (QED) is 0.372. The molecule has 0 heterocycles. The van der Waals surface area contributed by atoms with Crippen molar-refractivity contribution in [2.24, 2.45) is 23.7 Å². The number of benzene rings is 1. The molecule has 3 aliphatic carbocycles. The zero-order valence-corrected chi connectivity index (χ0v) is 17.5. The second-order valence-corrected chi connectivity index (χ2v) is 9.69. The molecule has 0 bridgehead atoms. The highest BCUT2D eigenvalue weighted by Crippen LogP contribution is 2.49. The lowest BCUT2D eigenvalue weighted by Gasteiger charge is -2.38. The van der Waals surface area contributed by atoms with Gasteiger partial charge >= 0.3 is 5.97 Å². The minimum absolute atomic E-state index is 0.374. The molecule has 1 aromatic rings. The first-order valence-electron chi connectivity index (χ1n) is 11.7. The number of hydrogen-bond donors (Lipinski definition) is 0. The minimum atomic E-state index is -2.87. The van der Waals surface area contributed by atoms with Crippen LogP contribution in [-0.2, 0) is 4.79 Å². The molecule has 0 saturated heterocycles. The Morgan fingerprint density at radius 1 is 0.966 bits per heavy atom. The molecule has 4 heteroatoms. The van der Waals surface area contributed by atoms with Crippen molar-refractivity contribution < 1.29 is 18.3 Å². The monoisotopic (exact) mass is 404 g/mol. The summed E-state index contributed by atoms with van der Waals surface area (Å²) in [6.07, 6.45) is 13.2. The van der Waals surface area contributed by atoms with E-state index in [0.29, 0.717) is 11.7 Å². The van der Waals surface area contributed by atoms with Gasteiger partial charge in [-0.2, -0.15) is 0 Å². The fourth-order valence-electron chi connectivity index (χ4n) is 5.74. The summed E-state index contributed by atoms with van der Waals surface area (Å²) in [7, 11) is 0. The first kappa shape index (κ1) is 20.8. The van der Waals surface area contributed by atoms with Crippen LogP contribution in [0.4, 0.5) is 8.78 Å². The Kier molecular flexibility index (Phi) is 6.27. The molecule has 0 amide bonds. The molecule has 0 N–H and O–H groups in total. The highest BCUT2D eigenvalue weighted by molar-refractivity contribution is 5.79. The van der Waals surface area contributed by atoms with Crippen LogP contribution in [0.5, 0.6) is 5.75 Å². The number of ether oxygens (including phenoxy) is 1. The van der Waals surface area contributed by atoms with Crippen molar-refractivity contribution in [2.45, 2.75) is 89.4 Å². The number of rotatable bonds is 6. The van der Waals surface area contributed by atoms with Gasteiger partial charge in [0.1, 0.15) is 11.7 Å². The molecule has 4 rings (SSSR count). The number of halogens is 2. The molecule has 3 aliphatic rings. The highest BCUT2D eigenvalue weighted by Gasteiger charge is 2.62. The van der Waals surface area contributed by atoms with Crippen LogP contribution in [0.15, 0.2) is 24.3 Å². The van der Waals surface area contributed by atoms with Crippen LogP contribution in [0, 0.1) is 23.7 Å². The third-order valence-electron chi connectivity index (χ3n) is 7.71. The second kappa shape index (κ2) is 8.73. The summed E-state index contributed by atoms with van der Waals surface area (Å²) < 4.78 is 31.1. The van der Waals surface area contributed by atoms with Crippen LogP contribution in [-0.4, -0.2) is 11.9 Å². The van der Waals surface area contributed by atoms with Crippen LogP contribution < -0.4 is 4.74 Å². The van der Waals surface area contributed by atoms with Gasteiger partial charge in [0.15, 0.2) is 0 Å². The van der Waals surface area contributed by atoms with E-state index in [1.807, 2.05) is 12.1 Å². The van der Waals surface area contributed by atoms with Crippen molar-refractivity contribution >= 4 is 5.97 Å². The van der Waals surface area contributed by atoms with Gasteiger partial charge in [-0.15, -0.1) is 0 Å². The van der Waals surface area contributed by atoms with Crippen molar-refractivity contribution in [1.82, 2.24) is 0 Å². The van der Waals surface area contributed by atoms with E-state index in [4.69, 9.17) is 4.74 Å². The molecule has 29 heavy (non-hydrogen) atoms. The lowest BCUT2D eigenvalue weighted by Crippen LogP contribution is -2.25. The van der Waals surface area contributed by atoms with E-state index in [9.17, 15) is 13.6 Å². The Morgan fingerprint density at radius 2 is 1.52 bits per heavy atom. The van der Waals surface area contributed by atoms with Crippen molar-refractivity contribution in [3.63, 3.8) is 0 Å². The largest absolute Gasteiger partial charge is 0.426 e. The Labute approximate surface area is 173 Å². The lowest BCUT2D eigenvalue weighted by atomic mass is 9.68. The van der Waals surface area contributed by atoms with Gasteiger partial charge in [-0.05, 0) is 79.9 Å². The third-order valence-corrected chi connectivity index (χ3v) is 7.71. The fourth-order valence-corrected chi connectivity index (χ4v) is 5.74. The molecule has 0 aliphatic heterocycles. The van der Waals surface area contributed by atoms with E-state index in [1.165, 1.54) is 69.8 Å². The fraction of sp³-hybridized carbons (Fsp3) is 0.720. The van der Waals surface area contributed by atoms with Gasteiger partial charge in [0.25, 0.3) is 5.92 Å². The third kappa shape index (κ3) is 5.00. The first-order chi connectivity index (χ1) is 14.0. The van der Waals surface area contributed by atoms with Crippen molar-refractivity contribution in [3.05, 3.63) is 29.8 Å². The molecule has 3 fully saturated rings. The molecule has 160 valence electrons. The summed E-state index contributed by atoms with van der Waals surface area (Å²) in [5.41, 5.74) is 1.28. The van der Waals surface area contributed by atoms with Crippen LogP contribution in [0.1, 0.15) is 89.0 Å². The van der Waals surface area contributed by atoms with Gasteiger partial charge in [-0.25, -0.2) is 8.78 Å². The summed E-state index contributed by atoms with van der Waals surface area (Å²) >= 11 is 0. The Hall–Kier alpha value is -1.45. The lowest BCUT2D eigenvalue weighted by molar-refractivity contribution is -0.138. The molecule has 2 nitrogen and oxygen atoms in total. The standard InChI is InChI=1S/C25H34F2O2/c1-2-3-17-4-6-18(7-5-17)19-8-10-20(11-9-19)21-12-14-22(15-13-21)29-24(28)23-16-25(23,26)27/h12-15,17-20,23H,2-11,16H2,1H3. The summed E-state index contributed by atoms with van der Waals surface area (Å²) in [5, 5.41) is 0. The minimum Gasteiger partial charge on any atom is -0.426 e. The Balaban J connectivity index is 1.23. The molecule has 1 unspecified atom stereocenters. The van der Waals surface area contributed by atoms with Crippen molar-refractivity contribution in [1.29, 1.82) is 0 Å². The number of hydrogen-bond acceptors (Lipinski definition) is 2. The summed E-state index contributed by atoms with van der Waals surface area (Å²) in [5.74, 6) is -1.18. The van der Waals surface area contributed by atoms with E-state index in [0.717, 1.165) is 17.8 Å². The predicted octanol–water partition coefficient (Wildman–Crippen LogP) is 7.13. The molecule has 0 radical (unpaired) electrons. The average Bonchev–Trinajstić information content (AvgIpc) is 3.38. The predicted molar refractivity (Wildman–Crippen MR) is 110 cm³/mol. The normalized spacial score (nSPS) is 33.8. The van der Waals surface area contributed by atoms with E-state index >= 15 is 0 Å². The number of carbonyl (C=O) groups is 1. The zero-order valence-electron chi connectivity index (χ0n) is 17.5. The average molecular weight is 405 g/mol. The van der Waals surface area contributed by atoms with Crippen LogP contribution in [0.2, 0.25) is 0 Å². The maximum Gasteiger partial charge on any atom is 0.320 e. The summed E-state index contributed by atoms with van der Waals surface area (Å²) in [6.45, 7) is 2.30. The molecular formula is C25H34F2O2. The van der Waals surface area contributed by atoms with E-state index < -0.39 is 17.8 Å². The topological polar surface area (TPSA) is 26.3 Å².